The number of oxazole rings is 1. The smallest absolute Gasteiger partial charge is 0.420 e. The van der Waals surface area contributed by atoms with Crippen LogP contribution in [0.3, 0.4) is 0 Å². The molecule has 0 aliphatic rings. The van der Waals surface area contributed by atoms with E-state index in [1.807, 2.05) is 0 Å². The number of aromatic nitrogens is 2. The fraction of sp³-hybridized carbons (Fsp3) is 0.200. The molecule has 2 heterocycles. The molecule has 2 aromatic heterocycles. The van der Waals surface area contributed by atoms with Gasteiger partial charge in [0.1, 0.15) is 13.1 Å². The van der Waals surface area contributed by atoms with E-state index in [0.29, 0.717) is 21.3 Å². The highest BCUT2D eigenvalue weighted by Crippen LogP contribution is 2.21. The quantitative estimate of drug-likeness (QED) is 0.394. The predicted molar refractivity (Wildman–Crippen MR) is 119 cm³/mol. The molecule has 0 spiro atoms. The van der Waals surface area contributed by atoms with Crippen molar-refractivity contribution in [3.05, 3.63) is 57.8 Å². The summed E-state index contributed by atoms with van der Waals surface area (Å²) in [7, 11) is -3.95. The third kappa shape index (κ3) is 4.65. The topological polar surface area (TPSA) is 156 Å². The van der Waals surface area contributed by atoms with Crippen LogP contribution in [0.2, 0.25) is 0 Å². The number of rotatable bonds is 6. The Morgan fingerprint density at radius 1 is 1.12 bits per heavy atom. The number of hydrogen-bond acceptors (Lipinski definition) is 8. The monoisotopic (exact) mass is 490 g/mol. The van der Waals surface area contributed by atoms with Crippen LogP contribution in [-0.4, -0.2) is 36.0 Å². The lowest BCUT2D eigenvalue weighted by Gasteiger charge is -2.05. The molecule has 0 atom stereocenters. The summed E-state index contributed by atoms with van der Waals surface area (Å²) in [5, 5.41) is 5.21. The van der Waals surface area contributed by atoms with Crippen LogP contribution in [-0.2, 0) is 37.4 Å². The summed E-state index contributed by atoms with van der Waals surface area (Å²) >= 11 is 1.000. The second kappa shape index (κ2) is 8.77. The Labute approximate surface area is 190 Å². The number of fused-ring (bicyclic) bond motifs is 2. The van der Waals surface area contributed by atoms with Gasteiger partial charge in [0.25, 0.3) is 5.91 Å². The number of carbonyl (C=O) groups is 2. The maximum Gasteiger partial charge on any atom is 0.420 e. The summed E-state index contributed by atoms with van der Waals surface area (Å²) in [4.78, 5) is 41.1. The van der Waals surface area contributed by atoms with Gasteiger partial charge in [-0.1, -0.05) is 23.5 Å². The lowest BCUT2D eigenvalue weighted by atomic mass is 10.3. The zero-order valence-electron chi connectivity index (χ0n) is 17.3. The molecule has 33 heavy (non-hydrogen) atoms. The standard InChI is InChI=1S/C20H18N4O7S2/c1-2-30-18(26)11-23-14-8-7-12(33(21,28)29)9-16(14)32-19(23)22-17(25)10-24-13-5-3-4-6-15(13)31-20(24)27/h3-9H,2,10-11H2,1H3,(H2,21,28,29). The van der Waals surface area contributed by atoms with Gasteiger partial charge < -0.3 is 13.7 Å². The zero-order valence-corrected chi connectivity index (χ0v) is 18.9. The summed E-state index contributed by atoms with van der Waals surface area (Å²) in [6, 6.07) is 10.8. The van der Waals surface area contributed by atoms with E-state index in [4.69, 9.17) is 14.3 Å². The predicted octanol–water partition coefficient (Wildman–Crippen LogP) is 0.949. The Hall–Kier alpha value is -3.55. The highest BCUT2D eigenvalue weighted by Gasteiger charge is 2.17. The zero-order chi connectivity index (χ0) is 23.8. The molecule has 4 rings (SSSR count). The highest BCUT2D eigenvalue weighted by atomic mass is 32.2. The number of para-hydroxylation sites is 2. The molecule has 0 saturated heterocycles. The van der Waals surface area contributed by atoms with Crippen LogP contribution in [0.15, 0.2) is 61.6 Å². The van der Waals surface area contributed by atoms with E-state index in [0.717, 1.165) is 15.9 Å². The van der Waals surface area contributed by atoms with E-state index in [9.17, 15) is 22.8 Å². The fourth-order valence-corrected chi connectivity index (χ4v) is 4.95. The molecular weight excluding hydrogens is 472 g/mol. The number of sulfonamides is 1. The molecule has 4 aromatic rings. The Kier molecular flexibility index (Phi) is 6.01. The molecule has 1 amide bonds. The van der Waals surface area contributed by atoms with Crippen LogP contribution in [0.5, 0.6) is 0 Å². The third-order valence-corrected chi connectivity index (χ3v) is 6.61. The number of primary sulfonamides is 1. The molecule has 0 aliphatic heterocycles. The molecular formula is C20H18N4O7S2. The number of thiazole rings is 1. The van der Waals surface area contributed by atoms with E-state index in [1.54, 1.807) is 31.2 Å². The average Bonchev–Trinajstić information content (AvgIpc) is 3.24. The van der Waals surface area contributed by atoms with E-state index in [2.05, 4.69) is 4.99 Å². The third-order valence-electron chi connectivity index (χ3n) is 4.66. The molecule has 0 radical (unpaired) electrons. The van der Waals surface area contributed by atoms with E-state index >= 15 is 0 Å². The molecule has 2 aromatic carbocycles. The van der Waals surface area contributed by atoms with Crippen molar-refractivity contribution in [2.24, 2.45) is 10.1 Å². The second-order valence-electron chi connectivity index (χ2n) is 6.88. The van der Waals surface area contributed by atoms with Crippen LogP contribution < -0.4 is 15.7 Å². The number of benzene rings is 2. The number of carbonyl (C=O) groups excluding carboxylic acids is 2. The molecule has 0 unspecified atom stereocenters. The SMILES string of the molecule is CCOC(=O)Cn1c(=NC(=O)Cn2c(=O)oc3ccccc32)sc2cc(S(N)(=O)=O)ccc21. The van der Waals surface area contributed by atoms with Crippen molar-refractivity contribution in [2.75, 3.05) is 6.61 Å². The van der Waals surface area contributed by atoms with Crippen LogP contribution in [0.25, 0.3) is 21.3 Å². The highest BCUT2D eigenvalue weighted by molar-refractivity contribution is 7.89. The molecule has 0 saturated carbocycles. The van der Waals surface area contributed by atoms with Crippen molar-refractivity contribution < 1.29 is 27.2 Å². The first-order chi connectivity index (χ1) is 15.7. The number of amides is 1. The molecule has 2 N–H and O–H groups in total. The number of esters is 1. The van der Waals surface area contributed by atoms with Crippen molar-refractivity contribution in [2.45, 2.75) is 24.9 Å². The lowest BCUT2D eigenvalue weighted by Crippen LogP contribution is -2.25. The van der Waals surface area contributed by atoms with Gasteiger partial charge in [0, 0.05) is 0 Å². The summed E-state index contributed by atoms with van der Waals surface area (Å²) in [5.41, 5.74) is 1.25. The number of hydrogen-bond donors (Lipinski definition) is 1. The minimum absolute atomic E-state index is 0.117. The van der Waals surface area contributed by atoms with Gasteiger partial charge in [-0.05, 0) is 37.3 Å². The van der Waals surface area contributed by atoms with Crippen LogP contribution >= 0.6 is 11.3 Å². The first kappa shape index (κ1) is 22.6. The Morgan fingerprint density at radius 2 is 1.88 bits per heavy atom. The summed E-state index contributed by atoms with van der Waals surface area (Å²) in [6.07, 6.45) is 0. The van der Waals surface area contributed by atoms with Crippen molar-refractivity contribution in [1.29, 1.82) is 0 Å². The Balaban J connectivity index is 1.80. The second-order valence-corrected chi connectivity index (χ2v) is 9.45. The first-order valence-corrected chi connectivity index (χ1v) is 12.0. The number of nitrogens with zero attached hydrogens (tertiary/aromatic N) is 3. The van der Waals surface area contributed by atoms with Gasteiger partial charge in [0.2, 0.25) is 10.0 Å². The average molecular weight is 491 g/mol. The van der Waals surface area contributed by atoms with Gasteiger partial charge in [-0.15, -0.1) is 0 Å². The van der Waals surface area contributed by atoms with E-state index in [1.165, 1.54) is 22.8 Å². The molecule has 11 nitrogen and oxygen atoms in total. The van der Waals surface area contributed by atoms with Gasteiger partial charge in [0.15, 0.2) is 10.4 Å². The molecule has 0 bridgehead atoms. The number of nitrogens with two attached hydrogens (primary N) is 1. The van der Waals surface area contributed by atoms with Crippen LogP contribution in [0.1, 0.15) is 6.92 Å². The Morgan fingerprint density at radius 3 is 2.61 bits per heavy atom. The molecule has 0 aliphatic carbocycles. The molecule has 13 heteroatoms. The molecule has 172 valence electrons. The molecule has 0 fully saturated rings. The fourth-order valence-electron chi connectivity index (χ4n) is 3.25. The van der Waals surface area contributed by atoms with E-state index in [-0.39, 0.29) is 29.4 Å². The van der Waals surface area contributed by atoms with Gasteiger partial charge in [-0.3, -0.25) is 14.2 Å². The van der Waals surface area contributed by atoms with Crippen LogP contribution in [0.4, 0.5) is 0 Å². The van der Waals surface area contributed by atoms with Crippen LogP contribution in [0, 0.1) is 0 Å². The van der Waals surface area contributed by atoms with E-state index < -0.39 is 27.7 Å². The summed E-state index contributed by atoms with van der Waals surface area (Å²) in [6.45, 7) is 1.20. The minimum Gasteiger partial charge on any atom is -0.465 e. The maximum absolute atomic E-state index is 12.7. The lowest BCUT2D eigenvalue weighted by molar-refractivity contribution is -0.143. The largest absolute Gasteiger partial charge is 0.465 e. The minimum atomic E-state index is -3.95. The van der Waals surface area contributed by atoms with Gasteiger partial charge in [-0.2, -0.15) is 4.99 Å². The summed E-state index contributed by atoms with van der Waals surface area (Å²) < 4.78 is 36.6. The summed E-state index contributed by atoms with van der Waals surface area (Å²) in [5.74, 6) is -1.92. The van der Waals surface area contributed by atoms with Crippen molar-refractivity contribution >= 4 is 54.6 Å². The number of ether oxygens (including phenoxy) is 1. The van der Waals surface area contributed by atoms with Gasteiger partial charge >= 0.3 is 11.7 Å². The van der Waals surface area contributed by atoms with Gasteiger partial charge in [-0.25, -0.2) is 18.4 Å². The van der Waals surface area contributed by atoms with Crippen molar-refractivity contribution in [3.63, 3.8) is 0 Å². The van der Waals surface area contributed by atoms with Gasteiger partial charge in [0.05, 0.1) is 27.2 Å². The van der Waals surface area contributed by atoms with Crippen molar-refractivity contribution in [1.82, 2.24) is 9.13 Å². The Bertz CT molecular complexity index is 1620. The normalized spacial score (nSPS) is 12.5. The maximum atomic E-state index is 12.7. The first-order valence-electron chi connectivity index (χ1n) is 9.65. The van der Waals surface area contributed by atoms with Crippen molar-refractivity contribution in [3.8, 4) is 0 Å².